The largest absolute Gasteiger partial charge is 0.341 e. The summed E-state index contributed by atoms with van der Waals surface area (Å²) < 4.78 is 0. The predicted molar refractivity (Wildman–Crippen MR) is 92.0 cm³/mol. The molecule has 0 aliphatic heterocycles. The number of hydrogen-bond acceptors (Lipinski definition) is 2. The first-order chi connectivity index (χ1) is 10.9. The van der Waals surface area contributed by atoms with Gasteiger partial charge in [0.2, 0.25) is 0 Å². The van der Waals surface area contributed by atoms with Gasteiger partial charge in [0.05, 0.1) is 0 Å². The summed E-state index contributed by atoms with van der Waals surface area (Å²) in [6, 6.07) is 7.99. The lowest BCUT2D eigenvalue weighted by molar-refractivity contribution is -0.719. The van der Waals surface area contributed by atoms with E-state index in [1.54, 1.807) is 0 Å². The number of carbonyl (C=O) groups is 2. The molecule has 3 amide bonds. The minimum absolute atomic E-state index is 0.177. The van der Waals surface area contributed by atoms with Crippen LogP contribution in [0.5, 0.6) is 0 Å². The Hall–Kier alpha value is -1.88. The van der Waals surface area contributed by atoms with Crippen LogP contribution in [0, 0.1) is 5.92 Å². The van der Waals surface area contributed by atoms with E-state index >= 15 is 0 Å². The van der Waals surface area contributed by atoms with Gasteiger partial charge in [-0.05, 0) is 18.9 Å². The minimum Gasteiger partial charge on any atom is -0.341 e. The Labute approximate surface area is 139 Å². The maximum absolute atomic E-state index is 12.0. The fourth-order valence-corrected chi connectivity index (χ4v) is 2.60. The molecule has 0 radical (unpaired) electrons. The molecule has 0 saturated heterocycles. The van der Waals surface area contributed by atoms with Crippen LogP contribution in [0.4, 0.5) is 4.79 Å². The lowest BCUT2D eigenvalue weighted by Gasteiger charge is -2.23. The van der Waals surface area contributed by atoms with Gasteiger partial charge in [0.25, 0.3) is 5.91 Å². The van der Waals surface area contributed by atoms with Crippen LogP contribution in [0.1, 0.15) is 51.3 Å². The quantitative estimate of drug-likeness (QED) is 0.716. The lowest BCUT2D eigenvalue weighted by Crippen LogP contribution is -2.93. The van der Waals surface area contributed by atoms with Crippen molar-refractivity contribution in [2.45, 2.75) is 52.6 Å². The average molecular weight is 320 g/mol. The molecule has 1 rings (SSSR count). The highest BCUT2D eigenvalue weighted by molar-refractivity contribution is 5.95. The summed E-state index contributed by atoms with van der Waals surface area (Å²) in [6.07, 6.45) is 2.22. The number of aryl methyl sites for hydroxylation is 1. The summed E-state index contributed by atoms with van der Waals surface area (Å²) >= 11 is 0. The second kappa shape index (κ2) is 9.30. The average Bonchev–Trinajstić information content (AvgIpc) is 2.53. The second-order valence-electron chi connectivity index (χ2n) is 6.31. The van der Waals surface area contributed by atoms with Crippen LogP contribution in [-0.2, 0) is 11.2 Å². The van der Waals surface area contributed by atoms with Gasteiger partial charge in [0.15, 0.2) is 6.04 Å². The first-order valence-electron chi connectivity index (χ1n) is 8.35. The zero-order valence-corrected chi connectivity index (χ0v) is 14.8. The highest BCUT2D eigenvalue weighted by Gasteiger charge is 2.26. The molecule has 4 N–H and O–H groups in total. The molecule has 0 spiro atoms. The van der Waals surface area contributed by atoms with Crippen LogP contribution in [0.25, 0.3) is 0 Å². The van der Waals surface area contributed by atoms with Gasteiger partial charge in [-0.25, -0.2) is 4.79 Å². The third-order valence-corrected chi connectivity index (χ3v) is 3.99. The molecule has 0 aliphatic rings. The fourth-order valence-electron chi connectivity index (χ4n) is 2.60. The molecular weight excluding hydrogens is 290 g/mol. The van der Waals surface area contributed by atoms with Gasteiger partial charge < -0.3 is 10.6 Å². The van der Waals surface area contributed by atoms with Crippen molar-refractivity contribution in [3.8, 4) is 0 Å². The van der Waals surface area contributed by atoms with Gasteiger partial charge in [0.1, 0.15) is 6.04 Å². The summed E-state index contributed by atoms with van der Waals surface area (Å²) in [5, 5.41) is 6.75. The van der Waals surface area contributed by atoms with Crippen LogP contribution in [0.15, 0.2) is 24.3 Å². The molecule has 1 aromatic carbocycles. The first kappa shape index (κ1) is 19.2. The van der Waals surface area contributed by atoms with Crippen LogP contribution in [0.2, 0.25) is 0 Å². The maximum Gasteiger partial charge on any atom is 0.321 e. The Bertz CT molecular complexity index is 512. The highest BCUT2D eigenvalue weighted by Crippen LogP contribution is 2.19. The summed E-state index contributed by atoms with van der Waals surface area (Å²) in [5.74, 6) is 0.0971. The zero-order valence-electron chi connectivity index (χ0n) is 14.8. The molecule has 1 aromatic rings. The fraction of sp³-hybridized carbons (Fsp3) is 0.556. The Morgan fingerprint density at radius 1 is 1.13 bits per heavy atom. The zero-order chi connectivity index (χ0) is 17.4. The Kier molecular flexibility index (Phi) is 7.75. The number of imide groups is 1. The van der Waals surface area contributed by atoms with Crippen LogP contribution in [-0.4, -0.2) is 25.0 Å². The number of urea groups is 1. The van der Waals surface area contributed by atoms with Crippen molar-refractivity contribution in [1.29, 1.82) is 0 Å². The number of nitrogens with one attached hydrogen (secondary N) is 2. The lowest BCUT2D eigenvalue weighted by atomic mass is 9.94. The molecule has 0 fully saturated rings. The van der Waals surface area contributed by atoms with Crippen molar-refractivity contribution in [1.82, 2.24) is 10.6 Å². The van der Waals surface area contributed by atoms with Gasteiger partial charge in [0, 0.05) is 18.5 Å². The number of hydrogen-bond donors (Lipinski definition) is 3. The Balaban J connectivity index is 2.78. The first-order valence-corrected chi connectivity index (χ1v) is 8.35. The van der Waals surface area contributed by atoms with E-state index in [0.29, 0.717) is 5.92 Å². The molecular formula is C18H30N3O2+. The number of nitrogens with two attached hydrogens (primary N) is 1. The van der Waals surface area contributed by atoms with E-state index in [0.717, 1.165) is 12.8 Å². The normalized spacial score (nSPS) is 13.5. The van der Waals surface area contributed by atoms with Crippen molar-refractivity contribution >= 4 is 11.9 Å². The van der Waals surface area contributed by atoms with Gasteiger partial charge in [-0.15, -0.1) is 0 Å². The van der Waals surface area contributed by atoms with E-state index < -0.39 is 6.03 Å². The topological polar surface area (TPSA) is 74.8 Å². The van der Waals surface area contributed by atoms with Crippen molar-refractivity contribution < 1.29 is 14.9 Å². The van der Waals surface area contributed by atoms with Crippen molar-refractivity contribution in [2.24, 2.45) is 5.92 Å². The standard InChI is InChI=1S/C18H29N3O2/c1-6-7-14-8-10-15(11-9-14)16(12(2)3)20-13(4)17(22)21-18(23)19-5/h8-13,16,20H,6-7H2,1-5H3,(H2,19,21,22,23)/p+1/t13-,16+/m0/s1. The summed E-state index contributed by atoms with van der Waals surface area (Å²) in [5.41, 5.74) is 2.55. The van der Waals surface area contributed by atoms with Gasteiger partial charge in [-0.2, -0.15) is 0 Å². The molecule has 0 heterocycles. The summed E-state index contributed by atoms with van der Waals surface area (Å²) in [4.78, 5) is 23.3. The van der Waals surface area contributed by atoms with Crippen LogP contribution < -0.4 is 16.0 Å². The SMILES string of the molecule is CCCc1ccc([C@H]([NH2+][C@@H](C)C(=O)NC(=O)NC)C(C)C)cc1. The molecule has 0 aliphatic carbocycles. The van der Waals surface area contributed by atoms with E-state index in [1.807, 2.05) is 12.2 Å². The molecule has 2 atom stereocenters. The molecule has 23 heavy (non-hydrogen) atoms. The van der Waals surface area contributed by atoms with Gasteiger partial charge in [-0.3, -0.25) is 10.1 Å². The molecule has 0 unspecified atom stereocenters. The van der Waals surface area contributed by atoms with Gasteiger partial charge in [-0.1, -0.05) is 51.5 Å². The summed E-state index contributed by atoms with van der Waals surface area (Å²) in [6.45, 7) is 8.28. The molecule has 0 bridgehead atoms. The van der Waals surface area contributed by atoms with Crippen molar-refractivity contribution in [3.05, 3.63) is 35.4 Å². The molecule has 5 nitrogen and oxygen atoms in total. The van der Waals surface area contributed by atoms with E-state index in [9.17, 15) is 9.59 Å². The smallest absolute Gasteiger partial charge is 0.321 e. The minimum atomic E-state index is -0.472. The van der Waals surface area contributed by atoms with Crippen molar-refractivity contribution in [3.63, 3.8) is 0 Å². The predicted octanol–water partition coefficient (Wildman–Crippen LogP) is 1.74. The van der Waals surface area contributed by atoms with E-state index in [1.165, 1.54) is 18.2 Å². The Morgan fingerprint density at radius 2 is 1.74 bits per heavy atom. The van der Waals surface area contributed by atoms with E-state index in [2.05, 4.69) is 55.7 Å². The number of rotatable bonds is 7. The van der Waals surface area contributed by atoms with Crippen molar-refractivity contribution in [2.75, 3.05) is 7.05 Å². The highest BCUT2D eigenvalue weighted by atomic mass is 16.2. The van der Waals surface area contributed by atoms with Crippen LogP contribution >= 0.6 is 0 Å². The number of amides is 3. The maximum atomic E-state index is 12.0. The third kappa shape index (κ3) is 6.02. The van der Waals surface area contributed by atoms with Gasteiger partial charge >= 0.3 is 6.03 Å². The molecule has 128 valence electrons. The third-order valence-electron chi connectivity index (χ3n) is 3.99. The van der Waals surface area contributed by atoms with E-state index in [4.69, 9.17) is 0 Å². The monoisotopic (exact) mass is 320 g/mol. The summed E-state index contributed by atoms with van der Waals surface area (Å²) in [7, 11) is 1.49. The molecule has 5 heteroatoms. The number of carbonyl (C=O) groups excluding carboxylic acids is 2. The van der Waals surface area contributed by atoms with Crippen LogP contribution in [0.3, 0.4) is 0 Å². The van der Waals surface area contributed by atoms with E-state index in [-0.39, 0.29) is 18.0 Å². The number of quaternary nitrogens is 1. The number of benzene rings is 1. The molecule has 0 aromatic heterocycles. The Morgan fingerprint density at radius 3 is 2.22 bits per heavy atom. The second-order valence-corrected chi connectivity index (χ2v) is 6.31. The molecule has 0 saturated carbocycles.